The minimum atomic E-state index is -0.145. The Kier molecular flexibility index (Phi) is 4.48. The average molecular weight is 278 g/mol. The highest BCUT2D eigenvalue weighted by Gasteiger charge is 2.32. The first kappa shape index (κ1) is 15.0. The van der Waals surface area contributed by atoms with Crippen LogP contribution in [-0.2, 0) is 11.2 Å². The molecule has 0 aromatic carbocycles. The first-order valence-electron chi connectivity index (χ1n) is 7.48. The van der Waals surface area contributed by atoms with Gasteiger partial charge in [0.25, 0.3) is 0 Å². The van der Waals surface area contributed by atoms with Crippen LogP contribution in [0.25, 0.3) is 0 Å². The van der Waals surface area contributed by atoms with Crippen LogP contribution in [0.15, 0.2) is 6.07 Å². The van der Waals surface area contributed by atoms with Gasteiger partial charge < -0.3 is 15.0 Å². The van der Waals surface area contributed by atoms with Crippen molar-refractivity contribution in [3.63, 3.8) is 0 Å². The highest BCUT2D eigenvalue weighted by molar-refractivity contribution is 5.50. The molecule has 1 aromatic heterocycles. The molecule has 0 spiro atoms. The first-order valence-corrected chi connectivity index (χ1v) is 7.48. The van der Waals surface area contributed by atoms with Crippen molar-refractivity contribution in [2.24, 2.45) is 0 Å². The number of nitrogens with zero attached hydrogens (tertiary/aromatic N) is 3. The van der Waals surface area contributed by atoms with E-state index in [1.807, 2.05) is 6.07 Å². The van der Waals surface area contributed by atoms with Crippen molar-refractivity contribution in [3.05, 3.63) is 11.9 Å². The van der Waals surface area contributed by atoms with Crippen LogP contribution in [0.4, 0.5) is 11.6 Å². The topological polar surface area (TPSA) is 50.3 Å². The molecule has 1 N–H and O–H groups in total. The third kappa shape index (κ3) is 3.60. The lowest BCUT2D eigenvalue weighted by Gasteiger charge is -2.42. The molecular weight excluding hydrogens is 252 g/mol. The van der Waals surface area contributed by atoms with Crippen LogP contribution in [0.3, 0.4) is 0 Å². The quantitative estimate of drug-likeness (QED) is 0.917. The minimum absolute atomic E-state index is 0.145. The lowest BCUT2D eigenvalue weighted by Crippen LogP contribution is -2.52. The van der Waals surface area contributed by atoms with E-state index >= 15 is 0 Å². The molecule has 1 aliphatic rings. The Morgan fingerprint density at radius 2 is 2.15 bits per heavy atom. The van der Waals surface area contributed by atoms with Gasteiger partial charge in [-0.3, -0.25) is 0 Å². The van der Waals surface area contributed by atoms with E-state index in [1.165, 1.54) is 0 Å². The van der Waals surface area contributed by atoms with Crippen LogP contribution in [0.2, 0.25) is 0 Å². The Morgan fingerprint density at radius 3 is 2.75 bits per heavy atom. The summed E-state index contributed by atoms with van der Waals surface area (Å²) in [6.07, 6.45) is 1.05. The molecule has 1 atom stereocenters. The Hall–Kier alpha value is -1.36. The van der Waals surface area contributed by atoms with Gasteiger partial charge in [-0.15, -0.1) is 0 Å². The zero-order chi connectivity index (χ0) is 14.8. The molecule has 1 saturated heterocycles. The molecular formula is C15H26N4O. The maximum absolute atomic E-state index is 5.96. The number of hydrogen-bond donors (Lipinski definition) is 1. The summed E-state index contributed by atoms with van der Waals surface area (Å²) in [5, 5.41) is 3.28. The van der Waals surface area contributed by atoms with Gasteiger partial charge >= 0.3 is 0 Å². The summed E-state index contributed by atoms with van der Waals surface area (Å²) in [4.78, 5) is 11.5. The zero-order valence-electron chi connectivity index (χ0n) is 13.2. The van der Waals surface area contributed by atoms with Crippen LogP contribution >= 0.6 is 0 Å². The lowest BCUT2D eigenvalue weighted by atomic mass is 10.1. The molecule has 5 nitrogen and oxygen atoms in total. The van der Waals surface area contributed by atoms with Crippen molar-refractivity contribution in [3.8, 4) is 0 Å². The molecule has 0 amide bonds. The molecule has 2 heterocycles. The zero-order valence-corrected chi connectivity index (χ0v) is 13.2. The SMILES string of the molecule is CCNc1cc(N2CC(C)OC(C)(C)C2)nc(CC)n1. The van der Waals surface area contributed by atoms with Crippen LogP contribution < -0.4 is 10.2 Å². The highest BCUT2D eigenvalue weighted by Crippen LogP contribution is 2.26. The minimum Gasteiger partial charge on any atom is -0.370 e. The standard InChI is InChI=1S/C15H26N4O/c1-6-12-17-13(16-7-2)8-14(18-12)19-9-11(3)20-15(4,5)10-19/h8,11H,6-7,9-10H2,1-5H3,(H,16,17,18). The van der Waals surface area contributed by atoms with Crippen LogP contribution in [0.1, 0.15) is 40.4 Å². The van der Waals surface area contributed by atoms with Crippen molar-refractivity contribution in [2.45, 2.75) is 52.7 Å². The Morgan fingerprint density at radius 1 is 1.40 bits per heavy atom. The fourth-order valence-corrected chi connectivity index (χ4v) is 2.70. The van der Waals surface area contributed by atoms with E-state index in [-0.39, 0.29) is 11.7 Å². The molecule has 1 unspecified atom stereocenters. The molecule has 0 radical (unpaired) electrons. The van der Waals surface area contributed by atoms with Crippen molar-refractivity contribution in [2.75, 3.05) is 29.9 Å². The number of ether oxygens (including phenoxy) is 1. The largest absolute Gasteiger partial charge is 0.370 e. The van der Waals surface area contributed by atoms with Crippen molar-refractivity contribution >= 4 is 11.6 Å². The molecule has 1 fully saturated rings. The molecule has 20 heavy (non-hydrogen) atoms. The van der Waals surface area contributed by atoms with Gasteiger partial charge in [-0.25, -0.2) is 9.97 Å². The molecule has 0 saturated carbocycles. The predicted molar refractivity (Wildman–Crippen MR) is 82.4 cm³/mol. The highest BCUT2D eigenvalue weighted by atomic mass is 16.5. The van der Waals surface area contributed by atoms with Crippen LogP contribution in [-0.4, -0.2) is 41.3 Å². The summed E-state index contributed by atoms with van der Waals surface area (Å²) in [6, 6.07) is 2.04. The van der Waals surface area contributed by atoms with E-state index in [4.69, 9.17) is 4.74 Å². The Labute approximate surface area is 121 Å². The molecule has 5 heteroatoms. The van der Waals surface area contributed by atoms with Crippen molar-refractivity contribution in [1.29, 1.82) is 0 Å². The number of rotatable bonds is 4. The fraction of sp³-hybridized carbons (Fsp3) is 0.733. The number of nitrogens with one attached hydrogen (secondary N) is 1. The van der Waals surface area contributed by atoms with Crippen LogP contribution in [0.5, 0.6) is 0 Å². The lowest BCUT2D eigenvalue weighted by molar-refractivity contribution is -0.0751. The summed E-state index contributed by atoms with van der Waals surface area (Å²) in [5.74, 6) is 2.79. The third-order valence-corrected chi connectivity index (χ3v) is 3.33. The smallest absolute Gasteiger partial charge is 0.134 e. The van der Waals surface area contributed by atoms with Gasteiger partial charge in [0.1, 0.15) is 17.5 Å². The van der Waals surface area contributed by atoms with E-state index in [9.17, 15) is 0 Å². The van der Waals surface area contributed by atoms with Crippen molar-refractivity contribution in [1.82, 2.24) is 9.97 Å². The normalized spacial score (nSPS) is 21.9. The fourth-order valence-electron chi connectivity index (χ4n) is 2.70. The Balaban J connectivity index is 2.28. The second kappa shape index (κ2) is 5.95. The average Bonchev–Trinajstić information content (AvgIpc) is 2.36. The second-order valence-electron chi connectivity index (χ2n) is 5.98. The molecule has 1 aromatic rings. The van der Waals surface area contributed by atoms with Gasteiger partial charge in [0.05, 0.1) is 11.7 Å². The van der Waals surface area contributed by atoms with Gasteiger partial charge in [-0.05, 0) is 27.7 Å². The number of aryl methyl sites for hydroxylation is 1. The monoisotopic (exact) mass is 278 g/mol. The van der Waals surface area contributed by atoms with E-state index in [0.29, 0.717) is 0 Å². The maximum atomic E-state index is 5.96. The summed E-state index contributed by atoms with van der Waals surface area (Å²) in [5.41, 5.74) is -0.145. The first-order chi connectivity index (χ1) is 9.43. The number of aromatic nitrogens is 2. The van der Waals surface area contributed by atoms with E-state index in [0.717, 1.165) is 43.5 Å². The van der Waals surface area contributed by atoms with E-state index < -0.39 is 0 Å². The second-order valence-corrected chi connectivity index (χ2v) is 5.98. The van der Waals surface area contributed by atoms with Gasteiger partial charge in [-0.2, -0.15) is 0 Å². The van der Waals surface area contributed by atoms with Crippen LogP contribution in [0, 0.1) is 0 Å². The summed E-state index contributed by atoms with van der Waals surface area (Å²) >= 11 is 0. The molecule has 1 aliphatic heterocycles. The number of morpholine rings is 1. The summed E-state index contributed by atoms with van der Waals surface area (Å²) in [7, 11) is 0. The Bertz CT molecular complexity index is 461. The van der Waals surface area contributed by atoms with Gasteiger partial charge in [0, 0.05) is 32.1 Å². The van der Waals surface area contributed by atoms with Gasteiger partial charge in [-0.1, -0.05) is 6.92 Å². The summed E-state index contributed by atoms with van der Waals surface area (Å²) in [6.45, 7) is 13.1. The van der Waals surface area contributed by atoms with Gasteiger partial charge in [0.15, 0.2) is 0 Å². The van der Waals surface area contributed by atoms with E-state index in [1.54, 1.807) is 0 Å². The number of hydrogen-bond acceptors (Lipinski definition) is 5. The maximum Gasteiger partial charge on any atom is 0.134 e. The predicted octanol–water partition coefficient (Wildman–Crippen LogP) is 2.47. The van der Waals surface area contributed by atoms with Gasteiger partial charge in [0.2, 0.25) is 0 Å². The third-order valence-electron chi connectivity index (χ3n) is 3.33. The van der Waals surface area contributed by atoms with Crippen molar-refractivity contribution < 1.29 is 4.74 Å². The number of anilines is 2. The summed E-state index contributed by atoms with van der Waals surface area (Å²) < 4.78 is 5.96. The molecule has 2 rings (SSSR count). The molecule has 0 bridgehead atoms. The molecule has 0 aliphatic carbocycles. The van der Waals surface area contributed by atoms with E-state index in [2.05, 4.69) is 54.8 Å². The molecule has 112 valence electrons.